The molecular weight excluding hydrogens is 500 g/mol. The summed E-state index contributed by atoms with van der Waals surface area (Å²) in [5, 5.41) is 23.7. The molecule has 0 amide bonds. The molecule has 0 aromatic rings. The first kappa shape index (κ1) is 30.3. The van der Waals surface area contributed by atoms with Crippen LogP contribution in [0.25, 0.3) is 0 Å². The summed E-state index contributed by atoms with van der Waals surface area (Å²) in [7, 11) is 7.75. The first-order chi connectivity index (χ1) is 17.0. The Hall–Kier alpha value is -1.95. The molecule has 0 spiro atoms. The number of hydrogen-bond acceptors (Lipinski definition) is 9. The van der Waals surface area contributed by atoms with Crippen LogP contribution in [-0.2, 0) is 4.79 Å². The average molecular weight is 539 g/mol. The third kappa shape index (κ3) is 9.17. The third-order valence-electron chi connectivity index (χ3n) is 6.19. The van der Waals surface area contributed by atoms with E-state index in [1.54, 1.807) is 24.3 Å². The summed E-state index contributed by atoms with van der Waals surface area (Å²) < 4.78 is 0. The molecule has 2 rings (SSSR count). The Balaban J connectivity index is 1.85. The molecule has 2 atom stereocenters. The fourth-order valence-electron chi connectivity index (χ4n) is 3.99. The van der Waals surface area contributed by atoms with Gasteiger partial charge in [0.25, 0.3) is 9.74 Å². The van der Waals surface area contributed by atoms with Crippen LogP contribution in [0, 0.1) is 20.2 Å². The monoisotopic (exact) mass is 538 g/mol. The summed E-state index contributed by atoms with van der Waals surface area (Å²) in [4.78, 5) is 37.6. The molecule has 0 N–H and O–H groups in total. The number of thioether (sulfide) groups is 2. The largest absolute Gasteiger partial charge is 0.309 e. The van der Waals surface area contributed by atoms with Gasteiger partial charge in [-0.25, -0.2) is 0 Å². The number of nitro groups is 2. The Bertz CT molecular complexity index is 859. The number of nitrogens with zero attached hydrogens (tertiary/aromatic N) is 4. The van der Waals surface area contributed by atoms with Crippen LogP contribution in [0.1, 0.15) is 38.5 Å². The second kappa shape index (κ2) is 14.1. The summed E-state index contributed by atoms with van der Waals surface area (Å²) in [6, 6.07) is 0. The first-order valence-corrected chi connectivity index (χ1v) is 14.1. The summed E-state index contributed by atoms with van der Waals surface area (Å²) >= 11 is 2.66. The van der Waals surface area contributed by atoms with Crippen LogP contribution in [0.3, 0.4) is 0 Å². The Kier molecular flexibility index (Phi) is 11.9. The van der Waals surface area contributed by atoms with E-state index in [1.807, 2.05) is 50.1 Å². The average Bonchev–Trinajstić information content (AvgIpc) is 2.81. The normalized spacial score (nSPS) is 23.6. The van der Waals surface area contributed by atoms with Gasteiger partial charge in [-0.3, -0.25) is 25.0 Å². The zero-order chi connectivity index (χ0) is 26.8. The van der Waals surface area contributed by atoms with Gasteiger partial charge < -0.3 is 9.80 Å². The Morgan fingerprint density at radius 3 is 1.56 bits per heavy atom. The molecule has 0 radical (unpaired) electrons. The van der Waals surface area contributed by atoms with Gasteiger partial charge >= 0.3 is 0 Å². The zero-order valence-electron chi connectivity index (χ0n) is 21.7. The predicted octanol–water partition coefficient (Wildman–Crippen LogP) is 4.42. The van der Waals surface area contributed by atoms with Gasteiger partial charge in [0.05, 0.1) is 12.8 Å². The number of rotatable bonds is 16. The SMILES string of the molecule is CN(C)CCSC1([N+](=O)[O-])C=CC=C(CCC(=O)CCC2=CC=CC(SCCN(C)C)([N+](=O)[O-])C2)C1. The van der Waals surface area contributed by atoms with Gasteiger partial charge in [-0.1, -0.05) is 59.0 Å². The standard InChI is InChI=1S/C25H38N4O5S2/c1-26(2)15-17-35-24(28(31)32)13-5-7-21(19-24)9-11-23(30)12-10-22-8-6-14-25(20-22,29(33)34)36-18-16-27(3)4/h5-8,13-14H,9-12,15-20H2,1-4H3. The molecule has 0 aromatic carbocycles. The minimum Gasteiger partial charge on any atom is -0.309 e. The van der Waals surface area contributed by atoms with Crippen molar-refractivity contribution in [2.24, 2.45) is 0 Å². The number of Topliss-reactive ketones (excluding diaryl/α,β-unsaturated/α-hetero) is 1. The van der Waals surface area contributed by atoms with Crippen molar-refractivity contribution in [1.82, 2.24) is 9.80 Å². The molecule has 0 aliphatic heterocycles. The van der Waals surface area contributed by atoms with Crippen molar-refractivity contribution in [2.75, 3.05) is 52.8 Å². The maximum absolute atomic E-state index is 12.6. The van der Waals surface area contributed by atoms with Crippen LogP contribution >= 0.6 is 23.5 Å². The molecule has 36 heavy (non-hydrogen) atoms. The molecule has 200 valence electrons. The fourth-order valence-corrected chi connectivity index (χ4v) is 6.74. The van der Waals surface area contributed by atoms with Crippen LogP contribution in [-0.4, -0.2) is 88.0 Å². The topological polar surface area (TPSA) is 110 Å². The first-order valence-electron chi connectivity index (χ1n) is 12.1. The Labute approximate surface area is 222 Å². The summed E-state index contributed by atoms with van der Waals surface area (Å²) in [5.74, 6) is 1.36. The van der Waals surface area contributed by atoms with Crippen molar-refractivity contribution >= 4 is 29.3 Å². The Morgan fingerprint density at radius 2 is 1.22 bits per heavy atom. The smallest absolute Gasteiger partial charge is 0.289 e. The molecule has 11 heteroatoms. The second-order valence-electron chi connectivity index (χ2n) is 9.77. The van der Waals surface area contributed by atoms with Crippen molar-refractivity contribution in [1.29, 1.82) is 0 Å². The van der Waals surface area contributed by atoms with Gasteiger partial charge in [0.2, 0.25) is 0 Å². The number of ketones is 1. The molecular formula is C25H38N4O5S2. The highest BCUT2D eigenvalue weighted by Gasteiger charge is 2.43. The molecule has 0 saturated heterocycles. The van der Waals surface area contributed by atoms with E-state index in [-0.39, 0.29) is 15.6 Å². The number of allylic oxidation sites excluding steroid dienone is 4. The molecule has 0 fully saturated rings. The molecule has 0 aromatic heterocycles. The van der Waals surface area contributed by atoms with Crippen molar-refractivity contribution < 1.29 is 14.6 Å². The van der Waals surface area contributed by atoms with Gasteiger partial charge in [-0.2, -0.15) is 0 Å². The van der Waals surface area contributed by atoms with E-state index in [0.29, 0.717) is 50.0 Å². The van der Waals surface area contributed by atoms with E-state index in [0.717, 1.165) is 24.2 Å². The number of hydrogen-bond donors (Lipinski definition) is 0. The molecule has 9 nitrogen and oxygen atoms in total. The third-order valence-corrected chi connectivity index (χ3v) is 8.82. The van der Waals surface area contributed by atoms with E-state index in [9.17, 15) is 25.0 Å². The van der Waals surface area contributed by atoms with Crippen molar-refractivity contribution in [3.63, 3.8) is 0 Å². The molecule has 0 heterocycles. The molecule has 2 aliphatic carbocycles. The molecule has 2 aliphatic rings. The summed E-state index contributed by atoms with van der Waals surface area (Å²) in [6.07, 6.45) is 12.8. The van der Waals surface area contributed by atoms with Gasteiger partial charge in [-0.15, -0.1) is 0 Å². The summed E-state index contributed by atoms with van der Waals surface area (Å²) in [6.45, 7) is 1.51. The van der Waals surface area contributed by atoms with E-state index in [1.165, 1.54) is 23.5 Å². The van der Waals surface area contributed by atoms with E-state index in [2.05, 4.69) is 0 Å². The molecule has 0 bridgehead atoms. The van der Waals surface area contributed by atoms with Crippen molar-refractivity contribution in [2.45, 2.75) is 48.3 Å². The van der Waals surface area contributed by atoms with Gasteiger partial charge in [-0.05, 0) is 41.0 Å². The van der Waals surface area contributed by atoms with E-state index < -0.39 is 9.74 Å². The lowest BCUT2D eigenvalue weighted by atomic mass is 9.93. The highest BCUT2D eigenvalue weighted by molar-refractivity contribution is 8.00. The highest BCUT2D eigenvalue weighted by Crippen LogP contribution is 2.39. The van der Waals surface area contributed by atoms with Crippen LogP contribution in [0.15, 0.2) is 47.6 Å². The van der Waals surface area contributed by atoms with Crippen LogP contribution in [0.5, 0.6) is 0 Å². The van der Waals surface area contributed by atoms with Gasteiger partial charge in [0.15, 0.2) is 0 Å². The molecule has 0 saturated carbocycles. The van der Waals surface area contributed by atoms with E-state index >= 15 is 0 Å². The number of carbonyl (C=O) groups is 1. The lowest BCUT2D eigenvalue weighted by Gasteiger charge is -2.26. The number of carbonyl (C=O) groups excluding carboxylic acids is 1. The van der Waals surface area contributed by atoms with Gasteiger partial charge in [0.1, 0.15) is 5.78 Å². The maximum Gasteiger partial charge on any atom is 0.289 e. The quantitative estimate of drug-likeness (QED) is 0.160. The Morgan fingerprint density at radius 1 is 0.833 bits per heavy atom. The highest BCUT2D eigenvalue weighted by atomic mass is 32.2. The lowest BCUT2D eigenvalue weighted by Crippen LogP contribution is -2.35. The van der Waals surface area contributed by atoms with Crippen molar-refractivity contribution in [3.05, 3.63) is 67.8 Å². The lowest BCUT2D eigenvalue weighted by molar-refractivity contribution is -0.524. The van der Waals surface area contributed by atoms with Gasteiger partial charge in [0, 0.05) is 59.4 Å². The van der Waals surface area contributed by atoms with E-state index in [4.69, 9.17) is 0 Å². The second-order valence-corrected chi connectivity index (χ2v) is 12.6. The zero-order valence-corrected chi connectivity index (χ0v) is 23.3. The van der Waals surface area contributed by atoms with Crippen LogP contribution in [0.4, 0.5) is 0 Å². The van der Waals surface area contributed by atoms with Crippen LogP contribution < -0.4 is 0 Å². The fraction of sp³-hybridized carbons (Fsp3) is 0.640. The van der Waals surface area contributed by atoms with Crippen molar-refractivity contribution in [3.8, 4) is 0 Å². The summed E-state index contributed by atoms with van der Waals surface area (Å²) in [5.41, 5.74) is 1.81. The minimum atomic E-state index is -1.18. The minimum absolute atomic E-state index is 0.0693. The maximum atomic E-state index is 12.6. The predicted molar refractivity (Wildman–Crippen MR) is 149 cm³/mol. The molecule has 2 unspecified atom stereocenters. The van der Waals surface area contributed by atoms with Crippen LogP contribution in [0.2, 0.25) is 0 Å².